The fraction of sp³-hybridized carbons (Fsp3) is 0.235. The Balaban J connectivity index is 2.21. The summed E-state index contributed by atoms with van der Waals surface area (Å²) in [6.45, 7) is 0. The molecule has 0 N–H and O–H groups in total. The van der Waals surface area contributed by atoms with Gasteiger partial charge in [-0.25, -0.2) is 0 Å². The number of carbonyl (C=O) groups excluding carboxylic acids is 1. The smallest absolute Gasteiger partial charge is 0.150 e. The number of thioether (sulfide) groups is 1. The first-order valence-electron chi connectivity index (χ1n) is 6.68. The van der Waals surface area contributed by atoms with Crippen molar-refractivity contribution in [3.8, 4) is 17.2 Å². The first kappa shape index (κ1) is 16.2. The first-order chi connectivity index (χ1) is 10.7. The van der Waals surface area contributed by atoms with Crippen LogP contribution in [0.1, 0.15) is 15.9 Å². The molecule has 0 aliphatic rings. The Kier molecular flexibility index (Phi) is 5.72. The SMILES string of the molecule is COc1ccc(CSc2c(OC)cc(C=O)cc2OC)cc1. The third-order valence-electron chi connectivity index (χ3n) is 3.16. The minimum atomic E-state index is 0.530. The monoisotopic (exact) mass is 318 g/mol. The van der Waals surface area contributed by atoms with E-state index in [-0.39, 0.29) is 0 Å². The lowest BCUT2D eigenvalue weighted by atomic mass is 10.2. The number of aldehydes is 1. The minimum absolute atomic E-state index is 0.530. The number of ether oxygens (including phenoxy) is 3. The molecule has 0 aliphatic carbocycles. The first-order valence-corrected chi connectivity index (χ1v) is 7.67. The highest BCUT2D eigenvalue weighted by Crippen LogP contribution is 2.40. The second-order valence-corrected chi connectivity index (χ2v) is 5.49. The van der Waals surface area contributed by atoms with E-state index in [9.17, 15) is 4.79 Å². The van der Waals surface area contributed by atoms with Crippen LogP contribution in [0.4, 0.5) is 0 Å². The van der Waals surface area contributed by atoms with Crippen LogP contribution in [0, 0.1) is 0 Å². The van der Waals surface area contributed by atoms with Crippen LogP contribution in [0.25, 0.3) is 0 Å². The average Bonchev–Trinajstić information content (AvgIpc) is 2.59. The van der Waals surface area contributed by atoms with Crippen LogP contribution in [-0.2, 0) is 5.75 Å². The zero-order valence-corrected chi connectivity index (χ0v) is 13.6. The van der Waals surface area contributed by atoms with Crippen LogP contribution in [0.5, 0.6) is 17.2 Å². The summed E-state index contributed by atoms with van der Waals surface area (Å²) in [5.74, 6) is 2.87. The summed E-state index contributed by atoms with van der Waals surface area (Å²) in [5, 5.41) is 0. The van der Waals surface area contributed by atoms with Crippen molar-refractivity contribution in [2.45, 2.75) is 10.6 Å². The number of hydrogen-bond donors (Lipinski definition) is 0. The Morgan fingerprint density at radius 3 is 2.00 bits per heavy atom. The van der Waals surface area contributed by atoms with Crippen molar-refractivity contribution in [1.82, 2.24) is 0 Å². The molecular weight excluding hydrogens is 300 g/mol. The van der Waals surface area contributed by atoms with Crippen molar-refractivity contribution in [3.05, 3.63) is 47.5 Å². The number of hydrogen-bond acceptors (Lipinski definition) is 5. The van der Waals surface area contributed by atoms with Gasteiger partial charge in [-0.15, -0.1) is 11.8 Å². The van der Waals surface area contributed by atoms with E-state index in [0.29, 0.717) is 17.1 Å². The summed E-state index contributed by atoms with van der Waals surface area (Å²) in [6.07, 6.45) is 0.781. The molecule has 0 fully saturated rings. The summed E-state index contributed by atoms with van der Waals surface area (Å²) < 4.78 is 15.9. The summed E-state index contributed by atoms with van der Waals surface area (Å²) in [5.41, 5.74) is 1.69. The average molecular weight is 318 g/mol. The molecule has 5 heteroatoms. The van der Waals surface area contributed by atoms with Crippen molar-refractivity contribution in [2.75, 3.05) is 21.3 Å². The zero-order valence-electron chi connectivity index (χ0n) is 12.8. The maximum absolute atomic E-state index is 11.0. The Labute approximate surface area is 134 Å². The van der Waals surface area contributed by atoms with E-state index in [1.54, 1.807) is 45.2 Å². The van der Waals surface area contributed by atoms with E-state index < -0.39 is 0 Å². The Hall–Kier alpha value is -2.14. The van der Waals surface area contributed by atoms with Gasteiger partial charge in [-0.2, -0.15) is 0 Å². The summed E-state index contributed by atoms with van der Waals surface area (Å²) in [6, 6.07) is 11.3. The molecule has 0 atom stereocenters. The quantitative estimate of drug-likeness (QED) is 0.573. The van der Waals surface area contributed by atoms with Crippen molar-refractivity contribution in [1.29, 1.82) is 0 Å². The third kappa shape index (κ3) is 3.74. The Morgan fingerprint density at radius 1 is 0.955 bits per heavy atom. The highest BCUT2D eigenvalue weighted by atomic mass is 32.2. The van der Waals surface area contributed by atoms with Gasteiger partial charge < -0.3 is 14.2 Å². The maximum Gasteiger partial charge on any atom is 0.150 e. The standard InChI is InChI=1S/C17H18O4S/c1-19-14-6-4-12(5-7-14)11-22-17-15(20-2)8-13(10-18)9-16(17)21-3/h4-10H,11H2,1-3H3. The predicted molar refractivity (Wildman–Crippen MR) is 87.5 cm³/mol. The van der Waals surface area contributed by atoms with Gasteiger partial charge in [0.15, 0.2) is 0 Å². The molecule has 0 bridgehead atoms. The minimum Gasteiger partial charge on any atom is -0.497 e. The van der Waals surface area contributed by atoms with Crippen LogP contribution in [0.15, 0.2) is 41.3 Å². The van der Waals surface area contributed by atoms with Gasteiger partial charge in [0.1, 0.15) is 23.5 Å². The number of methoxy groups -OCH3 is 3. The van der Waals surface area contributed by atoms with Gasteiger partial charge in [0, 0.05) is 11.3 Å². The van der Waals surface area contributed by atoms with Gasteiger partial charge in [0.25, 0.3) is 0 Å². The maximum atomic E-state index is 11.0. The molecule has 0 aliphatic heterocycles. The molecule has 0 amide bonds. The molecule has 2 rings (SSSR count). The highest BCUT2D eigenvalue weighted by molar-refractivity contribution is 7.98. The third-order valence-corrected chi connectivity index (χ3v) is 4.33. The van der Waals surface area contributed by atoms with Gasteiger partial charge in [0.05, 0.1) is 26.2 Å². The molecule has 2 aromatic rings. The summed E-state index contributed by atoms with van der Waals surface area (Å²) in [7, 11) is 4.82. The molecule has 116 valence electrons. The topological polar surface area (TPSA) is 44.8 Å². The van der Waals surface area contributed by atoms with E-state index in [1.807, 2.05) is 24.3 Å². The normalized spacial score (nSPS) is 10.1. The molecule has 0 aromatic heterocycles. The molecular formula is C17H18O4S. The Bertz CT molecular complexity index is 613. The molecule has 0 spiro atoms. The number of carbonyl (C=O) groups is 1. The number of rotatable bonds is 7. The van der Waals surface area contributed by atoms with Gasteiger partial charge in [-0.1, -0.05) is 12.1 Å². The van der Waals surface area contributed by atoms with Gasteiger partial charge in [-0.05, 0) is 29.8 Å². The van der Waals surface area contributed by atoms with E-state index in [0.717, 1.165) is 28.2 Å². The van der Waals surface area contributed by atoms with Crippen molar-refractivity contribution in [3.63, 3.8) is 0 Å². The molecule has 0 radical (unpaired) electrons. The van der Waals surface area contributed by atoms with E-state index >= 15 is 0 Å². The fourth-order valence-electron chi connectivity index (χ4n) is 1.99. The molecule has 0 saturated carbocycles. The predicted octanol–water partition coefficient (Wildman–Crippen LogP) is 3.82. The molecule has 4 nitrogen and oxygen atoms in total. The van der Waals surface area contributed by atoms with Crippen molar-refractivity contribution >= 4 is 18.0 Å². The summed E-state index contributed by atoms with van der Waals surface area (Å²) >= 11 is 1.60. The molecule has 2 aromatic carbocycles. The van der Waals surface area contributed by atoms with Crippen molar-refractivity contribution < 1.29 is 19.0 Å². The lowest BCUT2D eigenvalue weighted by molar-refractivity contribution is 0.112. The van der Waals surface area contributed by atoms with Gasteiger partial charge >= 0.3 is 0 Å². The van der Waals surface area contributed by atoms with E-state index in [1.165, 1.54) is 0 Å². The second-order valence-electron chi connectivity index (χ2n) is 4.51. The van der Waals surface area contributed by atoms with Crippen LogP contribution >= 0.6 is 11.8 Å². The fourth-order valence-corrected chi connectivity index (χ4v) is 3.06. The zero-order chi connectivity index (χ0) is 15.9. The highest BCUT2D eigenvalue weighted by Gasteiger charge is 2.13. The lowest BCUT2D eigenvalue weighted by Gasteiger charge is -2.13. The molecule has 0 heterocycles. The molecule has 0 unspecified atom stereocenters. The Morgan fingerprint density at radius 2 is 1.55 bits per heavy atom. The van der Waals surface area contributed by atoms with E-state index in [4.69, 9.17) is 14.2 Å². The van der Waals surface area contributed by atoms with Crippen LogP contribution in [-0.4, -0.2) is 27.6 Å². The number of benzene rings is 2. The van der Waals surface area contributed by atoms with E-state index in [2.05, 4.69) is 0 Å². The van der Waals surface area contributed by atoms with Crippen LogP contribution in [0.3, 0.4) is 0 Å². The molecule has 22 heavy (non-hydrogen) atoms. The largest absolute Gasteiger partial charge is 0.497 e. The van der Waals surface area contributed by atoms with Crippen LogP contribution in [0.2, 0.25) is 0 Å². The lowest BCUT2D eigenvalue weighted by Crippen LogP contribution is -1.95. The second kappa shape index (κ2) is 7.75. The van der Waals surface area contributed by atoms with Crippen LogP contribution < -0.4 is 14.2 Å². The summed E-state index contributed by atoms with van der Waals surface area (Å²) in [4.78, 5) is 11.8. The van der Waals surface area contributed by atoms with Crippen molar-refractivity contribution in [2.24, 2.45) is 0 Å². The van der Waals surface area contributed by atoms with Gasteiger partial charge in [-0.3, -0.25) is 4.79 Å². The van der Waals surface area contributed by atoms with Gasteiger partial charge in [0.2, 0.25) is 0 Å². The molecule has 0 saturated heterocycles.